The first-order valence-electron chi connectivity index (χ1n) is 11.2. The quantitative estimate of drug-likeness (QED) is 0.406. The molecule has 0 aliphatic rings. The van der Waals surface area contributed by atoms with E-state index in [1.165, 1.54) is 5.56 Å². The first-order valence-corrected chi connectivity index (χ1v) is 11.2. The molecule has 1 unspecified atom stereocenters. The molecule has 3 rings (SSSR count). The van der Waals surface area contributed by atoms with E-state index in [0.717, 1.165) is 53.6 Å². The van der Waals surface area contributed by atoms with E-state index in [0.29, 0.717) is 0 Å². The van der Waals surface area contributed by atoms with Gasteiger partial charge in [0.2, 0.25) is 0 Å². The molecular formula is C27H33NO3. The molecule has 164 valence electrons. The van der Waals surface area contributed by atoms with Crippen LogP contribution in [0.5, 0.6) is 11.5 Å². The molecule has 0 amide bonds. The fourth-order valence-electron chi connectivity index (χ4n) is 3.88. The molecule has 4 nitrogen and oxygen atoms in total. The number of carboxylic acids is 1. The van der Waals surface area contributed by atoms with Gasteiger partial charge in [0.1, 0.15) is 17.2 Å². The van der Waals surface area contributed by atoms with Crippen molar-refractivity contribution in [3.63, 3.8) is 0 Å². The smallest absolute Gasteiger partial charge is 0.354 e. The van der Waals surface area contributed by atoms with Crippen molar-refractivity contribution in [2.45, 2.75) is 71.6 Å². The molecular weight excluding hydrogens is 386 g/mol. The van der Waals surface area contributed by atoms with Gasteiger partial charge in [-0.2, -0.15) is 0 Å². The first-order chi connectivity index (χ1) is 14.7. The average Bonchev–Trinajstić information content (AvgIpc) is 2.73. The number of hydrogen-bond donors (Lipinski definition) is 1. The molecule has 31 heavy (non-hydrogen) atoms. The number of benzene rings is 2. The van der Waals surface area contributed by atoms with Gasteiger partial charge in [-0.25, -0.2) is 9.78 Å². The van der Waals surface area contributed by atoms with Gasteiger partial charge in [0, 0.05) is 11.3 Å². The predicted octanol–water partition coefficient (Wildman–Crippen LogP) is 7.71. The Kier molecular flexibility index (Phi) is 6.99. The van der Waals surface area contributed by atoms with Crippen LogP contribution in [0.4, 0.5) is 0 Å². The second-order valence-corrected chi connectivity index (χ2v) is 9.20. The summed E-state index contributed by atoms with van der Waals surface area (Å²) in [5.41, 5.74) is 2.31. The number of nitrogens with zero attached hydrogens (tertiary/aromatic N) is 1. The van der Waals surface area contributed by atoms with Crippen molar-refractivity contribution >= 4 is 16.7 Å². The molecule has 3 aromatic rings. The molecule has 0 aliphatic heterocycles. The number of hydrogen-bond acceptors (Lipinski definition) is 3. The van der Waals surface area contributed by atoms with Gasteiger partial charge in [-0.05, 0) is 59.5 Å². The number of carboxylic acid groups (broad SMARTS) is 1. The maximum Gasteiger partial charge on any atom is 0.354 e. The SMILES string of the molecule is CCCCC(CC)c1nc(C(=O)O)cc2ccc(Oc3ccc(C(C)(C)C)cc3)cc12. The second kappa shape index (κ2) is 9.51. The van der Waals surface area contributed by atoms with Crippen LogP contribution in [0.3, 0.4) is 0 Å². The Hall–Kier alpha value is -2.88. The summed E-state index contributed by atoms with van der Waals surface area (Å²) in [4.78, 5) is 16.2. The number of unbranched alkanes of at least 4 members (excludes halogenated alkanes) is 1. The zero-order valence-corrected chi connectivity index (χ0v) is 19.2. The van der Waals surface area contributed by atoms with Crippen molar-refractivity contribution in [1.82, 2.24) is 4.98 Å². The van der Waals surface area contributed by atoms with Crippen LogP contribution in [0.2, 0.25) is 0 Å². The minimum absolute atomic E-state index is 0.0948. The molecule has 0 fully saturated rings. The highest BCUT2D eigenvalue weighted by Gasteiger charge is 2.19. The molecule has 1 atom stereocenters. The third kappa shape index (κ3) is 5.43. The number of ether oxygens (including phenoxy) is 1. The highest BCUT2D eigenvalue weighted by Crippen LogP contribution is 2.34. The Morgan fingerprint density at radius 2 is 1.71 bits per heavy atom. The van der Waals surface area contributed by atoms with Crippen molar-refractivity contribution < 1.29 is 14.6 Å². The zero-order valence-electron chi connectivity index (χ0n) is 19.2. The minimum Gasteiger partial charge on any atom is -0.477 e. The van der Waals surface area contributed by atoms with Crippen LogP contribution < -0.4 is 4.74 Å². The molecule has 0 saturated heterocycles. The monoisotopic (exact) mass is 419 g/mol. The minimum atomic E-state index is -0.993. The number of carbonyl (C=O) groups is 1. The summed E-state index contributed by atoms with van der Waals surface area (Å²) in [6.45, 7) is 10.9. The lowest BCUT2D eigenvalue weighted by atomic mass is 9.87. The number of fused-ring (bicyclic) bond motifs is 1. The Balaban J connectivity index is 2.00. The van der Waals surface area contributed by atoms with Crippen LogP contribution in [0.25, 0.3) is 10.8 Å². The average molecular weight is 420 g/mol. The van der Waals surface area contributed by atoms with Crippen molar-refractivity contribution in [2.75, 3.05) is 0 Å². The summed E-state index contributed by atoms with van der Waals surface area (Å²) in [6.07, 6.45) is 4.11. The topological polar surface area (TPSA) is 59.4 Å². The highest BCUT2D eigenvalue weighted by molar-refractivity contribution is 5.94. The zero-order chi connectivity index (χ0) is 22.6. The van der Waals surface area contributed by atoms with Crippen molar-refractivity contribution in [2.24, 2.45) is 0 Å². The third-order valence-electron chi connectivity index (χ3n) is 5.79. The van der Waals surface area contributed by atoms with Crippen LogP contribution >= 0.6 is 0 Å². The van der Waals surface area contributed by atoms with Crippen LogP contribution in [0.1, 0.15) is 88.0 Å². The largest absolute Gasteiger partial charge is 0.477 e. The molecule has 2 aromatic carbocycles. The highest BCUT2D eigenvalue weighted by atomic mass is 16.5. The van der Waals surface area contributed by atoms with E-state index >= 15 is 0 Å². The summed E-state index contributed by atoms with van der Waals surface area (Å²) in [5.74, 6) is 0.741. The Morgan fingerprint density at radius 1 is 1.03 bits per heavy atom. The standard InChI is InChI=1S/C27H33NO3/c1-6-8-9-18(7-2)25-23-17-22(13-10-19(23)16-24(28-25)26(29)30)31-21-14-11-20(12-15-21)27(3,4)5/h10-18H,6-9H2,1-5H3,(H,29,30). The van der Waals surface area contributed by atoms with Crippen molar-refractivity contribution in [3.8, 4) is 11.5 Å². The van der Waals surface area contributed by atoms with E-state index in [4.69, 9.17) is 4.74 Å². The van der Waals surface area contributed by atoms with Gasteiger partial charge in [-0.3, -0.25) is 0 Å². The van der Waals surface area contributed by atoms with Gasteiger partial charge in [0.25, 0.3) is 0 Å². The molecule has 1 aromatic heterocycles. The fourth-order valence-corrected chi connectivity index (χ4v) is 3.88. The van der Waals surface area contributed by atoms with E-state index in [1.54, 1.807) is 6.07 Å². The molecule has 0 aliphatic carbocycles. The van der Waals surface area contributed by atoms with Gasteiger partial charge < -0.3 is 9.84 Å². The lowest BCUT2D eigenvalue weighted by molar-refractivity contribution is 0.0690. The Bertz CT molecular complexity index is 1050. The fraction of sp³-hybridized carbons (Fsp3) is 0.407. The van der Waals surface area contributed by atoms with E-state index in [9.17, 15) is 9.90 Å². The summed E-state index contributed by atoms with van der Waals surface area (Å²) < 4.78 is 6.14. The van der Waals surface area contributed by atoms with E-state index in [2.05, 4.69) is 51.7 Å². The Morgan fingerprint density at radius 3 is 2.29 bits per heavy atom. The number of aromatic carboxylic acids is 1. The van der Waals surface area contributed by atoms with E-state index < -0.39 is 5.97 Å². The van der Waals surface area contributed by atoms with E-state index in [1.807, 2.05) is 30.3 Å². The molecule has 1 N–H and O–H groups in total. The third-order valence-corrected chi connectivity index (χ3v) is 5.79. The second-order valence-electron chi connectivity index (χ2n) is 9.20. The molecule has 0 bridgehead atoms. The number of aromatic nitrogens is 1. The Labute approximate surface area is 185 Å². The van der Waals surface area contributed by atoms with Gasteiger partial charge in [-0.15, -0.1) is 0 Å². The summed E-state index contributed by atoms with van der Waals surface area (Å²) >= 11 is 0. The molecule has 4 heteroatoms. The van der Waals surface area contributed by atoms with Crippen molar-refractivity contribution in [1.29, 1.82) is 0 Å². The van der Waals surface area contributed by atoms with Gasteiger partial charge in [0.05, 0.1) is 5.69 Å². The predicted molar refractivity (Wildman–Crippen MR) is 126 cm³/mol. The first kappa shape index (κ1) is 22.8. The van der Waals surface area contributed by atoms with Gasteiger partial charge in [0.15, 0.2) is 0 Å². The maximum absolute atomic E-state index is 11.6. The lowest BCUT2D eigenvalue weighted by Gasteiger charge is -2.19. The normalized spacial score (nSPS) is 12.7. The molecule has 0 spiro atoms. The van der Waals surface area contributed by atoms with Gasteiger partial charge in [-0.1, -0.05) is 65.7 Å². The number of pyridine rings is 1. The number of rotatable bonds is 8. The lowest BCUT2D eigenvalue weighted by Crippen LogP contribution is -2.10. The van der Waals surface area contributed by atoms with Crippen molar-refractivity contribution in [3.05, 3.63) is 65.5 Å². The van der Waals surface area contributed by atoms with Crippen LogP contribution in [0.15, 0.2) is 48.5 Å². The molecule has 0 saturated carbocycles. The van der Waals surface area contributed by atoms with Crippen LogP contribution in [-0.4, -0.2) is 16.1 Å². The van der Waals surface area contributed by atoms with Crippen LogP contribution in [0, 0.1) is 0 Å². The van der Waals surface area contributed by atoms with E-state index in [-0.39, 0.29) is 17.0 Å². The maximum atomic E-state index is 11.6. The molecule has 0 radical (unpaired) electrons. The van der Waals surface area contributed by atoms with Gasteiger partial charge >= 0.3 is 5.97 Å². The molecule has 1 heterocycles. The summed E-state index contributed by atoms with van der Waals surface area (Å²) in [7, 11) is 0. The van der Waals surface area contributed by atoms with Crippen LogP contribution in [-0.2, 0) is 5.41 Å². The summed E-state index contributed by atoms with van der Waals surface area (Å²) in [5, 5.41) is 11.4. The summed E-state index contributed by atoms with van der Waals surface area (Å²) in [6, 6.07) is 15.6.